The molecule has 0 fully saturated rings. The van der Waals surface area contributed by atoms with Gasteiger partial charge < -0.3 is 4.74 Å². The molecule has 0 spiro atoms. The Kier molecular flexibility index (Phi) is 5.05. The van der Waals surface area contributed by atoms with Crippen molar-refractivity contribution in [1.82, 2.24) is 25.0 Å². The molecule has 0 aromatic carbocycles. The third kappa shape index (κ3) is 3.67. The summed E-state index contributed by atoms with van der Waals surface area (Å²) in [5, 5.41) is 17.3. The van der Waals surface area contributed by atoms with Gasteiger partial charge in [-0.25, -0.2) is 9.67 Å². The number of ether oxygens (including phenoxy) is 1. The van der Waals surface area contributed by atoms with Crippen molar-refractivity contribution in [3.05, 3.63) is 28.5 Å². The number of carbonyl (C=O) groups excluding carboxylic acids is 1. The lowest BCUT2D eigenvalue weighted by molar-refractivity contribution is 0.102. The van der Waals surface area contributed by atoms with Gasteiger partial charge in [0.25, 0.3) is 5.91 Å². The molecule has 8 nitrogen and oxygen atoms in total. The maximum atomic E-state index is 12.7. The van der Waals surface area contributed by atoms with Crippen LogP contribution in [0.2, 0.25) is 0 Å². The van der Waals surface area contributed by atoms with Gasteiger partial charge >= 0.3 is 0 Å². The number of nitrogens with zero attached hydrogens (tertiary/aromatic N) is 5. The predicted molar refractivity (Wildman–Crippen MR) is 96.1 cm³/mol. The largest absolute Gasteiger partial charge is 0.384 e. The zero-order chi connectivity index (χ0) is 18.0. The lowest BCUT2D eigenvalue weighted by Crippen LogP contribution is -2.13. The van der Waals surface area contributed by atoms with Crippen LogP contribution in [0.25, 0.3) is 11.0 Å². The van der Waals surface area contributed by atoms with Crippen LogP contribution in [0.3, 0.4) is 0 Å². The summed E-state index contributed by atoms with van der Waals surface area (Å²) in [6.07, 6.45) is 2.35. The molecule has 0 saturated carbocycles. The molecule has 0 saturated heterocycles. The summed E-state index contributed by atoms with van der Waals surface area (Å²) in [4.78, 5) is 17.2. The molecule has 0 bridgehead atoms. The van der Waals surface area contributed by atoms with E-state index in [1.165, 1.54) is 11.3 Å². The topological polar surface area (TPSA) is 94.8 Å². The molecule has 0 aliphatic carbocycles. The Morgan fingerprint density at radius 2 is 2.20 bits per heavy atom. The number of pyridine rings is 1. The first-order valence-electron chi connectivity index (χ1n) is 7.97. The van der Waals surface area contributed by atoms with Crippen LogP contribution in [0.4, 0.5) is 5.13 Å². The summed E-state index contributed by atoms with van der Waals surface area (Å²) >= 11 is 1.34. The maximum Gasteiger partial charge on any atom is 0.258 e. The number of amides is 1. The van der Waals surface area contributed by atoms with Gasteiger partial charge in [-0.3, -0.25) is 10.1 Å². The number of aromatic nitrogens is 5. The van der Waals surface area contributed by atoms with Crippen molar-refractivity contribution in [3.8, 4) is 0 Å². The second-order valence-corrected chi connectivity index (χ2v) is 6.99. The van der Waals surface area contributed by atoms with Crippen LogP contribution >= 0.6 is 11.3 Å². The van der Waals surface area contributed by atoms with E-state index in [2.05, 4.69) is 25.6 Å². The van der Waals surface area contributed by atoms with Gasteiger partial charge in [-0.05, 0) is 26.8 Å². The number of aryl methyl sites for hydroxylation is 1. The van der Waals surface area contributed by atoms with Gasteiger partial charge in [0.2, 0.25) is 5.13 Å². The van der Waals surface area contributed by atoms with Crippen LogP contribution in [-0.2, 0) is 11.2 Å². The Labute approximate surface area is 149 Å². The minimum Gasteiger partial charge on any atom is -0.384 e. The van der Waals surface area contributed by atoms with Crippen molar-refractivity contribution in [2.24, 2.45) is 0 Å². The monoisotopic (exact) mass is 360 g/mol. The van der Waals surface area contributed by atoms with Gasteiger partial charge in [0.1, 0.15) is 5.01 Å². The molecule has 9 heteroatoms. The number of rotatable bonds is 6. The summed E-state index contributed by atoms with van der Waals surface area (Å²) in [6, 6.07) is 1.92. The van der Waals surface area contributed by atoms with Crippen LogP contribution in [0.5, 0.6) is 0 Å². The Balaban J connectivity index is 1.88. The van der Waals surface area contributed by atoms with Crippen molar-refractivity contribution >= 4 is 33.4 Å². The van der Waals surface area contributed by atoms with E-state index in [-0.39, 0.29) is 11.9 Å². The lowest BCUT2D eigenvalue weighted by atomic mass is 10.1. The van der Waals surface area contributed by atoms with Crippen molar-refractivity contribution in [2.45, 2.75) is 33.2 Å². The molecule has 0 unspecified atom stereocenters. The number of carbonyl (C=O) groups is 1. The molecular weight excluding hydrogens is 340 g/mol. The quantitative estimate of drug-likeness (QED) is 0.726. The van der Waals surface area contributed by atoms with E-state index in [0.29, 0.717) is 29.4 Å². The molecule has 0 radical (unpaired) electrons. The summed E-state index contributed by atoms with van der Waals surface area (Å²) in [7, 11) is 1.64. The van der Waals surface area contributed by atoms with Gasteiger partial charge in [-0.1, -0.05) is 11.3 Å². The summed E-state index contributed by atoms with van der Waals surface area (Å²) in [5.41, 5.74) is 2.00. The second-order valence-electron chi connectivity index (χ2n) is 5.93. The average molecular weight is 360 g/mol. The minimum atomic E-state index is -0.242. The zero-order valence-electron chi connectivity index (χ0n) is 14.6. The normalized spacial score (nSPS) is 11.4. The number of hydrogen-bond acceptors (Lipinski definition) is 7. The van der Waals surface area contributed by atoms with E-state index in [0.717, 1.165) is 16.1 Å². The summed E-state index contributed by atoms with van der Waals surface area (Å²) < 4.78 is 6.84. The highest BCUT2D eigenvalue weighted by Gasteiger charge is 2.18. The van der Waals surface area contributed by atoms with Crippen molar-refractivity contribution in [3.63, 3.8) is 0 Å². The van der Waals surface area contributed by atoms with Crippen LogP contribution < -0.4 is 5.32 Å². The second kappa shape index (κ2) is 7.24. The summed E-state index contributed by atoms with van der Waals surface area (Å²) in [6.45, 7) is 6.49. The van der Waals surface area contributed by atoms with Crippen molar-refractivity contribution in [1.29, 1.82) is 0 Å². The van der Waals surface area contributed by atoms with E-state index in [4.69, 9.17) is 4.74 Å². The fourth-order valence-corrected chi connectivity index (χ4v) is 3.18. The Morgan fingerprint density at radius 1 is 1.40 bits per heavy atom. The van der Waals surface area contributed by atoms with Crippen molar-refractivity contribution in [2.75, 3.05) is 19.0 Å². The van der Waals surface area contributed by atoms with Gasteiger partial charge in [0.15, 0.2) is 5.65 Å². The highest BCUT2D eigenvalue weighted by molar-refractivity contribution is 7.15. The number of nitrogens with one attached hydrogen (secondary N) is 1. The molecule has 3 aromatic heterocycles. The van der Waals surface area contributed by atoms with Crippen LogP contribution in [-0.4, -0.2) is 44.6 Å². The number of methoxy groups -OCH3 is 1. The third-order valence-electron chi connectivity index (χ3n) is 3.64. The first kappa shape index (κ1) is 17.4. The molecule has 1 N–H and O–H groups in total. The molecule has 0 atom stereocenters. The Hall–Kier alpha value is -2.39. The highest BCUT2D eigenvalue weighted by Crippen LogP contribution is 2.23. The van der Waals surface area contributed by atoms with E-state index in [1.54, 1.807) is 19.4 Å². The Bertz CT molecular complexity index is 901. The van der Waals surface area contributed by atoms with Crippen LogP contribution in [0, 0.1) is 6.92 Å². The molecule has 3 aromatic rings. The smallest absolute Gasteiger partial charge is 0.258 e. The first-order valence-corrected chi connectivity index (χ1v) is 8.78. The fraction of sp³-hybridized carbons (Fsp3) is 0.438. The van der Waals surface area contributed by atoms with Gasteiger partial charge in [-0.2, -0.15) is 5.10 Å². The zero-order valence-corrected chi connectivity index (χ0v) is 15.4. The van der Waals surface area contributed by atoms with Gasteiger partial charge in [-0.15, -0.1) is 10.2 Å². The highest BCUT2D eigenvalue weighted by atomic mass is 32.1. The Morgan fingerprint density at radius 3 is 2.92 bits per heavy atom. The average Bonchev–Trinajstić information content (AvgIpc) is 3.18. The fourth-order valence-electron chi connectivity index (χ4n) is 2.47. The lowest BCUT2D eigenvalue weighted by Gasteiger charge is -2.08. The molecule has 0 aliphatic heterocycles. The molecule has 132 valence electrons. The molecule has 1 amide bonds. The predicted octanol–water partition coefficient (Wildman–Crippen LogP) is 2.61. The summed E-state index contributed by atoms with van der Waals surface area (Å²) in [5.74, 6) is -0.242. The van der Waals surface area contributed by atoms with E-state index >= 15 is 0 Å². The number of anilines is 1. The number of hydrogen-bond donors (Lipinski definition) is 1. The third-order valence-corrected chi connectivity index (χ3v) is 4.53. The molecule has 0 aliphatic rings. The maximum absolute atomic E-state index is 12.7. The van der Waals surface area contributed by atoms with Gasteiger partial charge in [0.05, 0.1) is 23.8 Å². The van der Waals surface area contributed by atoms with Crippen molar-refractivity contribution < 1.29 is 9.53 Å². The SMILES string of the molecule is COCCc1nnc(NC(=O)c2cc(C)nc3c2cnn3C(C)C)s1. The van der Waals surface area contributed by atoms with E-state index in [9.17, 15) is 4.79 Å². The number of fused-ring (bicyclic) bond motifs is 1. The molecule has 3 heterocycles. The van der Waals surface area contributed by atoms with E-state index in [1.807, 2.05) is 25.5 Å². The minimum absolute atomic E-state index is 0.161. The standard InChI is InChI=1S/C16H20N6O2S/c1-9(2)22-14-12(8-17-22)11(7-10(3)18-14)15(23)19-16-21-20-13(25-16)5-6-24-4/h7-9H,5-6H2,1-4H3,(H,19,21,23). The molecule has 3 rings (SSSR count). The molecular formula is C16H20N6O2S. The van der Waals surface area contributed by atoms with Crippen LogP contribution in [0.1, 0.15) is 40.9 Å². The first-order chi connectivity index (χ1) is 12.0. The van der Waals surface area contributed by atoms with E-state index < -0.39 is 0 Å². The van der Waals surface area contributed by atoms with Gasteiger partial charge in [0, 0.05) is 25.3 Å². The van der Waals surface area contributed by atoms with Crippen LogP contribution in [0.15, 0.2) is 12.3 Å². The molecule has 25 heavy (non-hydrogen) atoms.